The summed E-state index contributed by atoms with van der Waals surface area (Å²) in [4.78, 5) is 62.3. The van der Waals surface area contributed by atoms with Gasteiger partial charge in [-0.3, -0.25) is 38.7 Å². The van der Waals surface area contributed by atoms with E-state index in [1.54, 1.807) is 21.6 Å². The summed E-state index contributed by atoms with van der Waals surface area (Å²) in [6, 6.07) is -0.978. The molecule has 5 N–H and O–H groups in total. The highest BCUT2D eigenvalue weighted by molar-refractivity contribution is 5.78. The summed E-state index contributed by atoms with van der Waals surface area (Å²) in [7, 11) is 0. The zero-order chi connectivity index (χ0) is 26.4. The first-order chi connectivity index (χ1) is 16.5. The number of hydrogen-bond acceptors (Lipinski definition) is 8. The van der Waals surface area contributed by atoms with Crippen molar-refractivity contribution in [3.05, 3.63) is 0 Å². The standard InChI is InChI=1S/C22H38N4O9/c1-16(21(32)33)4-2-3-7-23-18(27)6-5-17(22(34)35)26-12-10-24(14-19(28)29)8-9-25(11-13-26)15-20(30)31/h16-17H,2-15H2,1H3,(H,23,27)(H,28,29)(H,30,31)(H,32,33)(H,34,35)/t16-,17+/m0/s1. The number of aliphatic carboxylic acids is 4. The molecule has 1 saturated heterocycles. The maximum Gasteiger partial charge on any atom is 0.320 e. The van der Waals surface area contributed by atoms with E-state index in [1.165, 1.54) is 0 Å². The van der Waals surface area contributed by atoms with Gasteiger partial charge in [0.1, 0.15) is 6.04 Å². The van der Waals surface area contributed by atoms with Crippen molar-refractivity contribution in [2.24, 2.45) is 5.92 Å². The smallest absolute Gasteiger partial charge is 0.320 e. The fourth-order valence-electron chi connectivity index (χ4n) is 3.91. The highest BCUT2D eigenvalue weighted by Crippen LogP contribution is 2.11. The van der Waals surface area contributed by atoms with E-state index in [0.717, 1.165) is 0 Å². The van der Waals surface area contributed by atoms with Gasteiger partial charge in [0.05, 0.1) is 19.0 Å². The van der Waals surface area contributed by atoms with Gasteiger partial charge in [0.15, 0.2) is 0 Å². The molecule has 200 valence electrons. The average molecular weight is 503 g/mol. The van der Waals surface area contributed by atoms with E-state index in [0.29, 0.717) is 52.0 Å². The van der Waals surface area contributed by atoms with E-state index in [9.17, 15) is 29.1 Å². The zero-order valence-electron chi connectivity index (χ0n) is 20.2. The summed E-state index contributed by atoms with van der Waals surface area (Å²) in [6.45, 7) is 3.37. The molecule has 0 aliphatic carbocycles. The maximum atomic E-state index is 12.2. The van der Waals surface area contributed by atoms with Crippen molar-refractivity contribution in [2.75, 3.05) is 58.9 Å². The Morgan fingerprint density at radius 2 is 1.26 bits per heavy atom. The minimum atomic E-state index is -1.10. The van der Waals surface area contributed by atoms with Gasteiger partial charge in [-0.15, -0.1) is 0 Å². The number of nitrogens with zero attached hydrogens (tertiary/aromatic N) is 3. The number of carboxylic acid groups (broad SMARTS) is 4. The van der Waals surface area contributed by atoms with Crippen LogP contribution in [0, 0.1) is 5.92 Å². The highest BCUT2D eigenvalue weighted by atomic mass is 16.4. The van der Waals surface area contributed by atoms with Crippen LogP contribution in [0.15, 0.2) is 0 Å². The van der Waals surface area contributed by atoms with Crippen LogP contribution in [0.5, 0.6) is 0 Å². The summed E-state index contributed by atoms with van der Waals surface area (Å²) in [6.07, 6.45) is 1.82. The predicted molar refractivity (Wildman–Crippen MR) is 124 cm³/mol. The molecule has 1 rings (SSSR count). The third kappa shape index (κ3) is 13.0. The van der Waals surface area contributed by atoms with Crippen LogP contribution in [0.4, 0.5) is 0 Å². The topological polar surface area (TPSA) is 188 Å². The Balaban J connectivity index is 2.65. The van der Waals surface area contributed by atoms with Crippen molar-refractivity contribution in [1.29, 1.82) is 0 Å². The fraction of sp³-hybridized carbons (Fsp3) is 0.773. The molecule has 0 bridgehead atoms. The summed E-state index contributed by atoms with van der Waals surface area (Å²) < 4.78 is 0. The molecular weight excluding hydrogens is 464 g/mol. The number of nitrogens with one attached hydrogen (secondary N) is 1. The van der Waals surface area contributed by atoms with E-state index in [2.05, 4.69) is 5.32 Å². The van der Waals surface area contributed by atoms with Gasteiger partial charge in [0.25, 0.3) is 0 Å². The lowest BCUT2D eigenvalue weighted by Crippen LogP contribution is -2.47. The van der Waals surface area contributed by atoms with Gasteiger partial charge >= 0.3 is 23.9 Å². The molecule has 1 aliphatic heterocycles. The second-order valence-corrected chi connectivity index (χ2v) is 8.85. The van der Waals surface area contributed by atoms with Crippen molar-refractivity contribution < 1.29 is 44.4 Å². The molecule has 0 aromatic heterocycles. The Morgan fingerprint density at radius 3 is 1.71 bits per heavy atom. The number of carbonyl (C=O) groups is 5. The first kappa shape index (κ1) is 30.3. The monoisotopic (exact) mass is 502 g/mol. The minimum Gasteiger partial charge on any atom is -0.481 e. The summed E-state index contributed by atoms with van der Waals surface area (Å²) in [5.74, 6) is -4.75. The van der Waals surface area contributed by atoms with Crippen LogP contribution < -0.4 is 5.32 Å². The highest BCUT2D eigenvalue weighted by Gasteiger charge is 2.28. The molecule has 1 heterocycles. The minimum absolute atomic E-state index is 0.0172. The van der Waals surface area contributed by atoms with Crippen LogP contribution in [0.25, 0.3) is 0 Å². The summed E-state index contributed by atoms with van der Waals surface area (Å²) in [5, 5.41) is 39.7. The number of carbonyl (C=O) groups excluding carboxylic acids is 1. The van der Waals surface area contributed by atoms with Crippen molar-refractivity contribution in [3.8, 4) is 0 Å². The SMILES string of the molecule is C[C@@H](CCCCNC(=O)CC[C@H](C(=O)O)N1CCN(CC(=O)O)CCN(CC(=O)O)CC1)C(=O)O. The van der Waals surface area contributed by atoms with E-state index >= 15 is 0 Å². The van der Waals surface area contributed by atoms with Crippen LogP contribution in [-0.2, 0) is 24.0 Å². The lowest BCUT2D eigenvalue weighted by Gasteiger charge is -2.30. The second-order valence-electron chi connectivity index (χ2n) is 8.85. The Morgan fingerprint density at radius 1 is 0.743 bits per heavy atom. The molecule has 1 amide bonds. The number of amides is 1. The quantitative estimate of drug-likeness (QED) is 0.178. The normalized spacial score (nSPS) is 18.0. The Bertz CT molecular complexity index is 706. The first-order valence-electron chi connectivity index (χ1n) is 11.8. The molecule has 0 aromatic carbocycles. The molecule has 35 heavy (non-hydrogen) atoms. The summed E-state index contributed by atoms with van der Waals surface area (Å²) >= 11 is 0. The van der Waals surface area contributed by atoms with Crippen LogP contribution in [0.2, 0.25) is 0 Å². The Kier molecular flexibility index (Phi) is 13.8. The van der Waals surface area contributed by atoms with Gasteiger partial charge in [-0.25, -0.2) is 0 Å². The lowest BCUT2D eigenvalue weighted by atomic mass is 10.0. The second kappa shape index (κ2) is 16.0. The average Bonchev–Trinajstić information content (AvgIpc) is 2.84. The van der Waals surface area contributed by atoms with Gasteiger partial charge < -0.3 is 25.7 Å². The van der Waals surface area contributed by atoms with Crippen molar-refractivity contribution in [2.45, 2.75) is 45.1 Å². The molecule has 0 radical (unpaired) electrons. The maximum absolute atomic E-state index is 12.2. The van der Waals surface area contributed by atoms with Gasteiger partial charge in [-0.2, -0.15) is 0 Å². The van der Waals surface area contributed by atoms with Crippen molar-refractivity contribution in [3.63, 3.8) is 0 Å². The van der Waals surface area contributed by atoms with Crippen LogP contribution in [-0.4, -0.2) is 130 Å². The van der Waals surface area contributed by atoms with Crippen molar-refractivity contribution >= 4 is 29.8 Å². The number of unbranched alkanes of at least 4 members (excludes halogenated alkanes) is 1. The van der Waals surface area contributed by atoms with Crippen LogP contribution >= 0.6 is 0 Å². The van der Waals surface area contributed by atoms with E-state index in [-0.39, 0.29) is 44.9 Å². The molecule has 0 unspecified atom stereocenters. The number of hydrogen-bond donors (Lipinski definition) is 5. The third-order valence-electron chi connectivity index (χ3n) is 6.04. The fourth-order valence-corrected chi connectivity index (χ4v) is 3.91. The third-order valence-corrected chi connectivity index (χ3v) is 6.04. The summed E-state index contributed by atoms with van der Waals surface area (Å²) in [5.41, 5.74) is 0. The molecule has 2 atom stereocenters. The van der Waals surface area contributed by atoms with Gasteiger partial charge in [-0.05, 0) is 19.3 Å². The lowest BCUT2D eigenvalue weighted by molar-refractivity contribution is -0.145. The molecule has 0 spiro atoms. The molecular formula is C22H38N4O9. The molecule has 1 fully saturated rings. The molecule has 1 aliphatic rings. The predicted octanol–water partition coefficient (Wildman–Crippen LogP) is -0.684. The number of rotatable bonds is 15. The zero-order valence-corrected chi connectivity index (χ0v) is 20.2. The molecule has 13 heteroatoms. The Hall–Kier alpha value is -2.77. The molecule has 0 aromatic rings. The molecule has 0 saturated carbocycles. The van der Waals surface area contributed by atoms with Gasteiger partial charge in [-0.1, -0.05) is 13.3 Å². The number of carboxylic acids is 4. The van der Waals surface area contributed by atoms with Crippen LogP contribution in [0.3, 0.4) is 0 Å². The van der Waals surface area contributed by atoms with E-state index < -0.39 is 35.8 Å². The van der Waals surface area contributed by atoms with E-state index in [4.69, 9.17) is 15.3 Å². The van der Waals surface area contributed by atoms with Crippen LogP contribution in [0.1, 0.15) is 39.0 Å². The largest absolute Gasteiger partial charge is 0.481 e. The van der Waals surface area contributed by atoms with E-state index in [1.807, 2.05) is 0 Å². The Labute approximate surface area is 204 Å². The van der Waals surface area contributed by atoms with Gasteiger partial charge in [0, 0.05) is 52.2 Å². The van der Waals surface area contributed by atoms with Gasteiger partial charge in [0.2, 0.25) is 5.91 Å². The molecule has 13 nitrogen and oxygen atoms in total. The first-order valence-corrected chi connectivity index (χ1v) is 11.8. The van der Waals surface area contributed by atoms with Crippen molar-refractivity contribution in [1.82, 2.24) is 20.0 Å².